The third kappa shape index (κ3) is 6.13. The first-order valence-corrected chi connectivity index (χ1v) is 6.21. The Bertz CT molecular complexity index is 375. The number of anilines is 1. The number of carbonyl (C=O) groups excluding carboxylic acids is 1. The molecule has 0 atom stereocenters. The van der Waals surface area contributed by atoms with Crippen LogP contribution >= 0.6 is 0 Å². The normalized spacial score (nSPS) is 9.44. The summed E-state index contributed by atoms with van der Waals surface area (Å²) in [5.74, 6) is -0.165. The van der Waals surface area contributed by atoms with Crippen molar-refractivity contribution in [2.24, 2.45) is 0 Å². The predicted molar refractivity (Wildman–Crippen MR) is 73.7 cm³/mol. The second kappa shape index (κ2) is 8.39. The van der Waals surface area contributed by atoms with Crippen LogP contribution in [0.1, 0.15) is 40.2 Å². The van der Waals surface area contributed by atoms with Crippen molar-refractivity contribution < 1.29 is 14.6 Å². The molecule has 0 unspecified atom stereocenters. The van der Waals surface area contributed by atoms with Gasteiger partial charge in [0, 0.05) is 13.0 Å². The molecule has 102 valence electrons. The fraction of sp³-hybridized carbons (Fsp3) is 0.500. The maximum absolute atomic E-state index is 10.6. The summed E-state index contributed by atoms with van der Waals surface area (Å²) < 4.78 is 4.83. The molecule has 1 rings (SSSR count). The van der Waals surface area contributed by atoms with E-state index in [0.29, 0.717) is 5.69 Å². The molecule has 0 fully saturated rings. The molecule has 1 aromatic rings. The number of carbonyl (C=O) groups is 1. The number of phenols is 1. The highest BCUT2D eigenvalue weighted by Crippen LogP contribution is 2.25. The molecule has 0 aliphatic heterocycles. The van der Waals surface area contributed by atoms with Crippen LogP contribution in [-0.4, -0.2) is 17.1 Å². The predicted octanol–water partition coefficient (Wildman–Crippen LogP) is 3.30. The molecule has 0 spiro atoms. The lowest BCUT2D eigenvalue weighted by Gasteiger charge is -2.12. The van der Waals surface area contributed by atoms with Crippen molar-refractivity contribution in [2.45, 2.75) is 47.3 Å². The average molecular weight is 253 g/mol. The van der Waals surface area contributed by atoms with Crippen molar-refractivity contribution in [2.75, 3.05) is 5.32 Å². The Morgan fingerprint density at radius 3 is 2.44 bits per heavy atom. The van der Waals surface area contributed by atoms with Crippen molar-refractivity contribution in [1.82, 2.24) is 0 Å². The third-order valence-corrected chi connectivity index (χ3v) is 1.95. The van der Waals surface area contributed by atoms with Gasteiger partial charge in [-0.25, -0.2) is 0 Å². The van der Waals surface area contributed by atoms with Crippen molar-refractivity contribution in [1.29, 1.82) is 0 Å². The average Bonchev–Trinajstić information content (AvgIpc) is 2.32. The van der Waals surface area contributed by atoms with Crippen LogP contribution in [-0.2, 0) is 16.1 Å². The largest absolute Gasteiger partial charge is 0.506 e. The zero-order valence-electron chi connectivity index (χ0n) is 11.8. The van der Waals surface area contributed by atoms with Gasteiger partial charge in [-0.3, -0.25) is 4.79 Å². The van der Waals surface area contributed by atoms with E-state index in [2.05, 4.69) is 5.32 Å². The first-order chi connectivity index (χ1) is 8.49. The van der Waals surface area contributed by atoms with Crippen molar-refractivity contribution in [3.63, 3.8) is 0 Å². The molecule has 0 heterocycles. The fourth-order valence-electron chi connectivity index (χ4n) is 1.29. The number of aromatic hydroxyl groups is 1. The van der Waals surface area contributed by atoms with Gasteiger partial charge in [0.05, 0.1) is 5.69 Å². The number of benzene rings is 1. The number of hydrogen-bond donors (Lipinski definition) is 2. The number of rotatable bonds is 4. The SMILES string of the molecule is CC.CC(=O)OCc1ccc(NC(C)C)c(O)c1. The van der Waals surface area contributed by atoms with E-state index in [-0.39, 0.29) is 24.4 Å². The minimum absolute atomic E-state index is 0.165. The lowest BCUT2D eigenvalue weighted by molar-refractivity contribution is -0.142. The monoisotopic (exact) mass is 253 g/mol. The van der Waals surface area contributed by atoms with Gasteiger partial charge in [0.2, 0.25) is 0 Å². The summed E-state index contributed by atoms with van der Waals surface area (Å²) in [6, 6.07) is 5.43. The summed E-state index contributed by atoms with van der Waals surface area (Å²) >= 11 is 0. The Morgan fingerprint density at radius 1 is 1.39 bits per heavy atom. The fourth-order valence-corrected chi connectivity index (χ4v) is 1.29. The topological polar surface area (TPSA) is 58.6 Å². The molecule has 0 radical (unpaired) electrons. The van der Waals surface area contributed by atoms with Crippen molar-refractivity contribution in [3.8, 4) is 5.75 Å². The van der Waals surface area contributed by atoms with Gasteiger partial charge in [0.1, 0.15) is 12.4 Å². The molecule has 4 nitrogen and oxygen atoms in total. The number of phenolic OH excluding ortho intramolecular Hbond substituents is 1. The molecular weight excluding hydrogens is 230 g/mol. The summed E-state index contributed by atoms with van der Waals surface area (Å²) in [5, 5.41) is 12.8. The molecule has 0 aromatic heterocycles. The second-order valence-electron chi connectivity index (χ2n) is 3.93. The van der Waals surface area contributed by atoms with E-state index in [1.54, 1.807) is 12.1 Å². The third-order valence-electron chi connectivity index (χ3n) is 1.95. The van der Waals surface area contributed by atoms with Gasteiger partial charge in [-0.2, -0.15) is 0 Å². The molecule has 0 bridgehead atoms. The van der Waals surface area contributed by atoms with E-state index in [0.717, 1.165) is 5.56 Å². The molecule has 0 saturated carbocycles. The molecule has 0 saturated heterocycles. The smallest absolute Gasteiger partial charge is 0.302 e. The van der Waals surface area contributed by atoms with Gasteiger partial charge in [0.25, 0.3) is 0 Å². The highest BCUT2D eigenvalue weighted by atomic mass is 16.5. The Hall–Kier alpha value is -1.71. The Kier molecular flexibility index (Phi) is 7.59. The van der Waals surface area contributed by atoms with Gasteiger partial charge in [-0.05, 0) is 31.5 Å². The molecule has 2 N–H and O–H groups in total. The van der Waals surface area contributed by atoms with Crippen LogP contribution in [0.25, 0.3) is 0 Å². The van der Waals surface area contributed by atoms with Crippen molar-refractivity contribution in [3.05, 3.63) is 23.8 Å². The quantitative estimate of drug-likeness (QED) is 0.638. The summed E-state index contributed by atoms with van der Waals surface area (Å²) in [6.45, 7) is 9.53. The lowest BCUT2D eigenvalue weighted by Crippen LogP contribution is -2.09. The van der Waals surface area contributed by atoms with Crippen LogP contribution < -0.4 is 5.32 Å². The van der Waals surface area contributed by atoms with E-state index in [9.17, 15) is 9.90 Å². The van der Waals surface area contributed by atoms with Crippen LogP contribution in [0.3, 0.4) is 0 Å². The zero-order chi connectivity index (χ0) is 14.1. The maximum atomic E-state index is 10.6. The van der Waals surface area contributed by atoms with Crippen molar-refractivity contribution >= 4 is 11.7 Å². The van der Waals surface area contributed by atoms with Crippen LogP contribution in [0.2, 0.25) is 0 Å². The van der Waals surface area contributed by atoms with E-state index < -0.39 is 0 Å². The van der Waals surface area contributed by atoms with Gasteiger partial charge < -0.3 is 15.2 Å². The van der Waals surface area contributed by atoms with Gasteiger partial charge >= 0.3 is 5.97 Å². The summed E-state index contributed by atoms with van der Waals surface area (Å²) in [6.07, 6.45) is 0. The Morgan fingerprint density at radius 2 is 2.00 bits per heavy atom. The van der Waals surface area contributed by atoms with Crippen LogP contribution in [0.15, 0.2) is 18.2 Å². The molecule has 18 heavy (non-hydrogen) atoms. The van der Waals surface area contributed by atoms with Gasteiger partial charge in [-0.15, -0.1) is 0 Å². The molecule has 1 aromatic carbocycles. The second-order valence-corrected chi connectivity index (χ2v) is 3.93. The van der Waals surface area contributed by atoms with Crippen LogP contribution in [0.5, 0.6) is 5.75 Å². The highest BCUT2D eigenvalue weighted by Gasteiger charge is 2.04. The van der Waals surface area contributed by atoms with Crippen LogP contribution in [0, 0.1) is 0 Å². The van der Waals surface area contributed by atoms with Gasteiger partial charge in [-0.1, -0.05) is 19.9 Å². The minimum Gasteiger partial charge on any atom is -0.506 e. The first-order valence-electron chi connectivity index (χ1n) is 6.21. The standard InChI is InChI=1S/C12H17NO3.C2H6/c1-8(2)13-11-5-4-10(6-12(11)15)7-16-9(3)14;1-2/h4-6,8,13,15H,7H2,1-3H3;1-2H3. The molecule has 4 heteroatoms. The zero-order valence-corrected chi connectivity index (χ0v) is 11.8. The maximum Gasteiger partial charge on any atom is 0.302 e. The van der Waals surface area contributed by atoms with Gasteiger partial charge in [0.15, 0.2) is 0 Å². The van der Waals surface area contributed by atoms with E-state index in [4.69, 9.17) is 4.74 Å². The summed E-state index contributed by atoms with van der Waals surface area (Å²) in [5.41, 5.74) is 1.45. The molecule has 0 aliphatic rings. The minimum atomic E-state index is -0.330. The number of nitrogens with one attached hydrogen (secondary N) is 1. The number of hydrogen-bond acceptors (Lipinski definition) is 4. The molecule has 0 amide bonds. The summed E-state index contributed by atoms with van der Waals surface area (Å²) in [4.78, 5) is 10.6. The first kappa shape index (κ1) is 16.3. The lowest BCUT2D eigenvalue weighted by atomic mass is 10.2. The highest BCUT2D eigenvalue weighted by molar-refractivity contribution is 5.66. The Labute approximate surface area is 109 Å². The summed E-state index contributed by atoms with van der Waals surface area (Å²) in [7, 11) is 0. The van der Waals surface area contributed by atoms with E-state index in [1.807, 2.05) is 33.8 Å². The number of ether oxygens (including phenoxy) is 1. The molecular formula is C14H23NO3. The Balaban J connectivity index is 0.00000137. The van der Waals surface area contributed by atoms with E-state index >= 15 is 0 Å². The van der Waals surface area contributed by atoms with E-state index in [1.165, 1.54) is 6.92 Å². The number of esters is 1. The molecule has 0 aliphatic carbocycles. The van der Waals surface area contributed by atoms with Crippen LogP contribution in [0.4, 0.5) is 5.69 Å².